The summed E-state index contributed by atoms with van der Waals surface area (Å²) >= 11 is 0. The molecule has 0 radical (unpaired) electrons. The quantitative estimate of drug-likeness (QED) is 0.903. The van der Waals surface area contributed by atoms with Crippen LogP contribution in [0.1, 0.15) is 23.5 Å². The molecule has 0 amide bonds. The normalized spacial score (nSPS) is 23.8. The molecule has 2 atom stereocenters. The van der Waals surface area contributed by atoms with Crippen molar-refractivity contribution in [1.29, 1.82) is 0 Å². The lowest BCUT2D eigenvalue weighted by atomic mass is 9.92. The maximum atomic E-state index is 9.81. The maximum absolute atomic E-state index is 9.81. The number of hydrogen-bond acceptors (Lipinski definition) is 4. The molecule has 0 unspecified atom stereocenters. The number of benzene rings is 1. The minimum absolute atomic E-state index is 0.253. The molecule has 1 aromatic carbocycles. The molecule has 0 bridgehead atoms. The monoisotopic (exact) mass is 340 g/mol. The van der Waals surface area contributed by atoms with E-state index in [4.69, 9.17) is 0 Å². The maximum Gasteiger partial charge on any atom is 0.0525 e. The number of aromatic nitrogens is 2. The molecule has 5 nitrogen and oxygen atoms in total. The molecule has 1 N–H and O–H groups in total. The van der Waals surface area contributed by atoms with Gasteiger partial charge in [-0.2, -0.15) is 5.10 Å². The van der Waals surface area contributed by atoms with Crippen molar-refractivity contribution in [2.45, 2.75) is 18.8 Å². The van der Waals surface area contributed by atoms with E-state index in [1.54, 1.807) is 0 Å². The van der Waals surface area contributed by atoms with Crippen LogP contribution in [0, 0.1) is 5.92 Å². The average Bonchev–Trinajstić information content (AvgIpc) is 3.25. The molecule has 0 spiro atoms. The van der Waals surface area contributed by atoms with Crippen molar-refractivity contribution in [3.8, 4) is 0 Å². The Labute approximate surface area is 149 Å². The van der Waals surface area contributed by atoms with Crippen LogP contribution in [0.5, 0.6) is 0 Å². The zero-order valence-corrected chi connectivity index (χ0v) is 15.0. The highest BCUT2D eigenvalue weighted by Crippen LogP contribution is 2.32. The van der Waals surface area contributed by atoms with Crippen molar-refractivity contribution in [1.82, 2.24) is 14.7 Å². The zero-order valence-electron chi connectivity index (χ0n) is 15.0. The fraction of sp³-hybridized carbons (Fsp3) is 0.550. The van der Waals surface area contributed by atoms with Crippen LogP contribution in [-0.4, -0.2) is 59.1 Å². The molecule has 25 heavy (non-hydrogen) atoms. The number of likely N-dealkylation sites (tertiary alicyclic amines) is 1. The van der Waals surface area contributed by atoms with Gasteiger partial charge in [-0.1, -0.05) is 18.2 Å². The molecule has 1 aromatic heterocycles. The molecule has 4 rings (SSSR count). The standard InChI is InChI=1S/C20H28N4O/c1-22-12-17(11-21-22)19-14-23(13-18(19)15-25)9-10-24-8-4-6-16-5-2-3-7-20(16)24/h2-3,5,7,11-12,18-19,25H,4,6,8-10,13-15H2,1H3/t18-,19-/m0/s1. The van der Waals surface area contributed by atoms with Crippen molar-refractivity contribution in [2.24, 2.45) is 13.0 Å². The second kappa shape index (κ2) is 7.18. The van der Waals surface area contributed by atoms with Gasteiger partial charge in [-0.25, -0.2) is 0 Å². The Morgan fingerprint density at radius 2 is 2.08 bits per heavy atom. The van der Waals surface area contributed by atoms with Crippen LogP contribution in [-0.2, 0) is 13.5 Å². The van der Waals surface area contributed by atoms with E-state index >= 15 is 0 Å². The second-order valence-corrected chi connectivity index (χ2v) is 7.48. The van der Waals surface area contributed by atoms with E-state index in [9.17, 15) is 5.11 Å². The summed E-state index contributed by atoms with van der Waals surface area (Å²) < 4.78 is 1.86. The van der Waals surface area contributed by atoms with Crippen molar-refractivity contribution >= 4 is 5.69 Å². The summed E-state index contributed by atoms with van der Waals surface area (Å²) in [5.74, 6) is 0.713. The van der Waals surface area contributed by atoms with Gasteiger partial charge in [0.2, 0.25) is 0 Å². The highest BCUT2D eigenvalue weighted by atomic mass is 16.3. The number of hydrogen-bond donors (Lipinski definition) is 1. The number of fused-ring (bicyclic) bond motifs is 1. The van der Waals surface area contributed by atoms with Crippen molar-refractivity contribution in [3.05, 3.63) is 47.8 Å². The summed E-state index contributed by atoms with van der Waals surface area (Å²) in [5.41, 5.74) is 4.15. The first kappa shape index (κ1) is 16.6. The van der Waals surface area contributed by atoms with Gasteiger partial charge in [0.1, 0.15) is 0 Å². The van der Waals surface area contributed by atoms with Gasteiger partial charge in [-0.3, -0.25) is 4.68 Å². The van der Waals surface area contributed by atoms with Gasteiger partial charge < -0.3 is 14.9 Å². The van der Waals surface area contributed by atoms with Crippen LogP contribution >= 0.6 is 0 Å². The highest BCUT2D eigenvalue weighted by Gasteiger charge is 2.34. The Bertz CT molecular complexity index is 713. The van der Waals surface area contributed by atoms with Gasteiger partial charge in [0.25, 0.3) is 0 Å². The van der Waals surface area contributed by atoms with E-state index in [2.05, 4.69) is 45.4 Å². The van der Waals surface area contributed by atoms with Crippen molar-refractivity contribution in [2.75, 3.05) is 44.2 Å². The van der Waals surface area contributed by atoms with Crippen LogP contribution in [0.25, 0.3) is 0 Å². The van der Waals surface area contributed by atoms with Crippen LogP contribution in [0.2, 0.25) is 0 Å². The lowest BCUT2D eigenvalue weighted by Gasteiger charge is -2.32. The second-order valence-electron chi connectivity index (χ2n) is 7.48. The fourth-order valence-corrected chi connectivity index (χ4v) is 4.44. The molecule has 1 fully saturated rings. The number of rotatable bonds is 5. The Balaban J connectivity index is 1.39. The van der Waals surface area contributed by atoms with Gasteiger partial charge >= 0.3 is 0 Å². The molecule has 2 aliphatic heterocycles. The molecule has 0 saturated carbocycles. The van der Waals surface area contributed by atoms with Crippen molar-refractivity contribution in [3.63, 3.8) is 0 Å². The molecule has 2 aromatic rings. The minimum atomic E-state index is 0.253. The Hall–Kier alpha value is -1.85. The van der Waals surface area contributed by atoms with E-state index in [0.29, 0.717) is 11.8 Å². The average molecular weight is 340 g/mol. The third-order valence-electron chi connectivity index (χ3n) is 5.80. The number of aliphatic hydroxyl groups excluding tert-OH is 1. The molecular formula is C20H28N4O. The first-order valence-corrected chi connectivity index (χ1v) is 9.39. The summed E-state index contributed by atoms with van der Waals surface area (Å²) in [6, 6.07) is 8.81. The van der Waals surface area contributed by atoms with E-state index in [0.717, 1.165) is 32.7 Å². The third kappa shape index (κ3) is 3.44. The first-order valence-electron chi connectivity index (χ1n) is 9.39. The SMILES string of the molecule is Cn1cc([C@@H]2CN(CCN3CCCc4ccccc43)C[C@H]2CO)cn1. The van der Waals surface area contributed by atoms with Crippen LogP contribution < -0.4 is 4.90 Å². The smallest absolute Gasteiger partial charge is 0.0525 e. The van der Waals surface area contributed by atoms with Gasteiger partial charge in [-0.15, -0.1) is 0 Å². The van der Waals surface area contributed by atoms with Gasteiger partial charge in [0.15, 0.2) is 0 Å². The summed E-state index contributed by atoms with van der Waals surface area (Å²) in [5, 5.41) is 14.1. The number of nitrogens with zero attached hydrogens (tertiary/aromatic N) is 4. The molecule has 134 valence electrons. The molecule has 1 saturated heterocycles. The van der Waals surface area contributed by atoms with Crippen LogP contribution in [0.3, 0.4) is 0 Å². The molecule has 5 heteroatoms. The summed E-state index contributed by atoms with van der Waals surface area (Å²) in [6.45, 7) is 5.53. The van der Waals surface area contributed by atoms with Gasteiger partial charge in [-0.05, 0) is 30.0 Å². The summed E-state index contributed by atoms with van der Waals surface area (Å²) in [4.78, 5) is 5.04. The molecular weight excluding hydrogens is 312 g/mol. The predicted molar refractivity (Wildman–Crippen MR) is 99.9 cm³/mol. The van der Waals surface area contributed by atoms with E-state index in [1.807, 2.05) is 17.9 Å². The number of aryl methyl sites for hydroxylation is 2. The lowest BCUT2D eigenvalue weighted by molar-refractivity contribution is 0.215. The summed E-state index contributed by atoms with van der Waals surface area (Å²) in [6.07, 6.45) is 6.50. The number of aliphatic hydroxyl groups is 1. The Kier molecular flexibility index (Phi) is 4.77. The Morgan fingerprint density at radius 1 is 1.20 bits per heavy atom. The van der Waals surface area contributed by atoms with E-state index in [-0.39, 0.29) is 6.61 Å². The van der Waals surface area contributed by atoms with E-state index < -0.39 is 0 Å². The lowest BCUT2D eigenvalue weighted by Crippen LogP contribution is -2.37. The third-order valence-corrected chi connectivity index (χ3v) is 5.80. The number of anilines is 1. The zero-order chi connectivity index (χ0) is 17.2. The van der Waals surface area contributed by atoms with Gasteiger partial charge in [0.05, 0.1) is 6.20 Å². The highest BCUT2D eigenvalue weighted by molar-refractivity contribution is 5.55. The largest absolute Gasteiger partial charge is 0.396 e. The molecule has 0 aliphatic carbocycles. The predicted octanol–water partition coefficient (Wildman–Crippen LogP) is 1.88. The fourth-order valence-electron chi connectivity index (χ4n) is 4.44. The topological polar surface area (TPSA) is 44.5 Å². The van der Waals surface area contributed by atoms with Gasteiger partial charge in [0, 0.05) is 70.1 Å². The van der Waals surface area contributed by atoms with Crippen LogP contribution in [0.15, 0.2) is 36.7 Å². The summed E-state index contributed by atoms with van der Waals surface area (Å²) in [7, 11) is 1.96. The Morgan fingerprint density at radius 3 is 2.88 bits per heavy atom. The minimum Gasteiger partial charge on any atom is -0.396 e. The molecule has 3 heterocycles. The van der Waals surface area contributed by atoms with Crippen LogP contribution in [0.4, 0.5) is 5.69 Å². The van der Waals surface area contributed by atoms with E-state index in [1.165, 1.54) is 29.7 Å². The van der Waals surface area contributed by atoms with Crippen molar-refractivity contribution < 1.29 is 5.11 Å². The first-order chi connectivity index (χ1) is 12.2. The molecule has 2 aliphatic rings. The number of para-hydroxylation sites is 1.